The van der Waals surface area contributed by atoms with Crippen molar-refractivity contribution in [3.8, 4) is 0 Å². The van der Waals surface area contributed by atoms with Crippen molar-refractivity contribution in [1.29, 1.82) is 0 Å². The van der Waals surface area contributed by atoms with Crippen LogP contribution in [0.3, 0.4) is 0 Å². The van der Waals surface area contributed by atoms with E-state index in [4.69, 9.17) is 20.2 Å². The van der Waals surface area contributed by atoms with Gasteiger partial charge in [-0.1, -0.05) is 32.9 Å². The molecule has 0 radical (unpaired) electrons. The lowest BCUT2D eigenvalue weighted by Gasteiger charge is -2.07. The number of rotatable bonds is 7. The topological polar surface area (TPSA) is 104 Å². The van der Waals surface area contributed by atoms with Crippen molar-refractivity contribution in [2.45, 2.75) is 34.1 Å². The number of aromatic nitrogens is 1. The van der Waals surface area contributed by atoms with Gasteiger partial charge in [-0.2, -0.15) is 0 Å². The molecule has 0 aliphatic rings. The lowest BCUT2D eigenvalue weighted by molar-refractivity contribution is 0.0526. The van der Waals surface area contributed by atoms with E-state index in [1.165, 1.54) is 11.3 Å². The second kappa shape index (κ2) is 12.7. The number of pyridine rings is 1. The molecule has 3 N–H and O–H groups in total. The molecule has 0 fully saturated rings. The van der Waals surface area contributed by atoms with Gasteiger partial charge in [0.05, 0.1) is 29.8 Å². The highest BCUT2D eigenvalue weighted by Crippen LogP contribution is 2.31. The molecular formula is C25H31N3O4S. The highest BCUT2D eigenvalue weighted by Gasteiger charge is 2.18. The Morgan fingerprint density at radius 1 is 1.18 bits per heavy atom. The minimum atomic E-state index is -0.441. The van der Waals surface area contributed by atoms with Gasteiger partial charge in [0.25, 0.3) is 5.91 Å². The zero-order valence-corrected chi connectivity index (χ0v) is 20.5. The zero-order chi connectivity index (χ0) is 24.4. The number of hydrogen-bond donors (Lipinski definition) is 2. The Balaban J connectivity index is 0.00000187. The van der Waals surface area contributed by atoms with Crippen LogP contribution in [0.25, 0.3) is 22.4 Å². The molecule has 0 saturated heterocycles. The van der Waals surface area contributed by atoms with E-state index in [1.54, 1.807) is 38.3 Å². The van der Waals surface area contributed by atoms with Crippen LogP contribution in [0.15, 0.2) is 30.3 Å². The molecule has 0 unspecified atom stereocenters. The minimum Gasteiger partial charge on any atom is -0.462 e. The van der Waals surface area contributed by atoms with Crippen LogP contribution in [0.2, 0.25) is 0 Å². The van der Waals surface area contributed by atoms with E-state index in [9.17, 15) is 9.59 Å². The molecule has 0 saturated carbocycles. The van der Waals surface area contributed by atoms with Crippen LogP contribution in [0.1, 0.15) is 54.1 Å². The van der Waals surface area contributed by atoms with Crippen molar-refractivity contribution in [2.24, 2.45) is 0 Å². The Kier molecular flexibility index (Phi) is 10.0. The van der Waals surface area contributed by atoms with Crippen molar-refractivity contribution in [3.63, 3.8) is 0 Å². The van der Waals surface area contributed by atoms with Gasteiger partial charge in [-0.3, -0.25) is 4.79 Å². The summed E-state index contributed by atoms with van der Waals surface area (Å²) >= 11 is 1.24. The summed E-state index contributed by atoms with van der Waals surface area (Å²) in [5.41, 5.74) is 7.54. The lowest BCUT2D eigenvalue weighted by atomic mass is 10.2. The van der Waals surface area contributed by atoms with Crippen LogP contribution in [-0.4, -0.2) is 37.2 Å². The van der Waals surface area contributed by atoms with Crippen molar-refractivity contribution in [3.05, 3.63) is 51.3 Å². The van der Waals surface area contributed by atoms with Gasteiger partial charge in [-0.15, -0.1) is 11.3 Å². The SMILES string of the molecule is CC.CC/C=c1/nc2sc(C(=O)Nc3cccc(C(=O)OCC)c3)c(N)c2c/c1=C/COC. The molecule has 0 atom stereocenters. The Labute approximate surface area is 197 Å². The van der Waals surface area contributed by atoms with Gasteiger partial charge in [0, 0.05) is 18.2 Å². The molecule has 7 nitrogen and oxygen atoms in total. The molecule has 0 bridgehead atoms. The van der Waals surface area contributed by atoms with Gasteiger partial charge in [-0.25, -0.2) is 9.78 Å². The van der Waals surface area contributed by atoms with E-state index < -0.39 is 5.97 Å². The average molecular weight is 470 g/mol. The van der Waals surface area contributed by atoms with Crippen LogP contribution in [0.5, 0.6) is 0 Å². The van der Waals surface area contributed by atoms with Gasteiger partial charge in [-0.05, 0) is 48.9 Å². The molecular weight excluding hydrogens is 438 g/mol. The fraction of sp³-hybridized carbons (Fsp3) is 0.320. The quantitative estimate of drug-likeness (QED) is 0.508. The van der Waals surface area contributed by atoms with E-state index in [2.05, 4.69) is 5.32 Å². The molecule has 3 aromatic rings. The Morgan fingerprint density at radius 3 is 2.61 bits per heavy atom. The van der Waals surface area contributed by atoms with E-state index in [0.29, 0.717) is 33.3 Å². The number of carbonyl (C=O) groups excluding carboxylic acids is 2. The molecule has 3 rings (SSSR count). The number of nitrogen functional groups attached to an aromatic ring is 1. The molecule has 1 amide bonds. The van der Waals surface area contributed by atoms with Gasteiger partial charge in [0.2, 0.25) is 0 Å². The second-order valence-electron chi connectivity index (χ2n) is 6.69. The monoisotopic (exact) mass is 469 g/mol. The zero-order valence-electron chi connectivity index (χ0n) is 19.7. The summed E-state index contributed by atoms with van der Waals surface area (Å²) in [4.78, 5) is 30.6. The number of nitrogens with one attached hydrogen (secondary N) is 1. The fourth-order valence-corrected chi connectivity index (χ4v) is 4.04. The van der Waals surface area contributed by atoms with Gasteiger partial charge in [0.15, 0.2) is 0 Å². The number of benzene rings is 1. The Bertz CT molecular complexity index is 1230. The number of thiophene rings is 1. The summed E-state index contributed by atoms with van der Waals surface area (Å²) in [5.74, 6) is -0.798. The van der Waals surface area contributed by atoms with Gasteiger partial charge < -0.3 is 20.5 Å². The molecule has 2 aromatic heterocycles. The van der Waals surface area contributed by atoms with Crippen molar-refractivity contribution >= 4 is 57.0 Å². The van der Waals surface area contributed by atoms with Crippen LogP contribution in [0.4, 0.5) is 11.4 Å². The number of anilines is 2. The number of amides is 1. The van der Waals surface area contributed by atoms with E-state index in [1.807, 2.05) is 39.0 Å². The Hall–Kier alpha value is -3.23. The summed E-state index contributed by atoms with van der Waals surface area (Å²) in [7, 11) is 1.63. The fourth-order valence-electron chi connectivity index (χ4n) is 3.06. The average Bonchev–Trinajstić information content (AvgIpc) is 3.15. The smallest absolute Gasteiger partial charge is 0.338 e. The summed E-state index contributed by atoms with van der Waals surface area (Å²) in [5, 5.41) is 5.28. The molecule has 176 valence electrons. The highest BCUT2D eigenvalue weighted by atomic mass is 32.1. The number of ether oxygens (including phenoxy) is 2. The molecule has 33 heavy (non-hydrogen) atoms. The maximum atomic E-state index is 12.9. The summed E-state index contributed by atoms with van der Waals surface area (Å²) < 4.78 is 10.2. The normalized spacial score (nSPS) is 11.8. The number of methoxy groups -OCH3 is 1. The van der Waals surface area contributed by atoms with Crippen LogP contribution in [-0.2, 0) is 9.47 Å². The number of hydrogen-bond acceptors (Lipinski definition) is 7. The largest absolute Gasteiger partial charge is 0.462 e. The predicted molar refractivity (Wildman–Crippen MR) is 136 cm³/mol. The maximum absolute atomic E-state index is 12.9. The van der Waals surface area contributed by atoms with Crippen molar-refractivity contribution < 1.29 is 19.1 Å². The molecule has 0 spiro atoms. The predicted octanol–water partition coefficient (Wildman–Crippen LogP) is 3.95. The molecule has 1 aromatic carbocycles. The molecule has 0 aliphatic heterocycles. The molecule has 2 heterocycles. The maximum Gasteiger partial charge on any atom is 0.338 e. The van der Waals surface area contributed by atoms with Crippen molar-refractivity contribution in [1.82, 2.24) is 4.98 Å². The molecule has 0 aliphatic carbocycles. The first kappa shape index (κ1) is 26.0. The third-order valence-electron chi connectivity index (χ3n) is 4.49. The summed E-state index contributed by atoms with van der Waals surface area (Å²) in [6.45, 7) is 8.51. The number of fused-ring (bicyclic) bond motifs is 1. The standard InChI is InChI=1S/C23H25N3O4S.C2H6/c1-4-7-18-14(10-11-29-3)13-17-19(24)20(31-22(17)26-18)21(27)25-16-9-6-8-15(12-16)23(28)30-5-2;1-2/h6-10,12-13H,4-5,11,24H2,1-3H3,(H,25,27);1-2H3/b14-10-,18-7+;. The van der Waals surface area contributed by atoms with Gasteiger partial charge >= 0.3 is 5.97 Å². The van der Waals surface area contributed by atoms with Gasteiger partial charge in [0.1, 0.15) is 9.71 Å². The lowest BCUT2D eigenvalue weighted by Crippen LogP contribution is -2.28. The number of nitrogens with zero attached hydrogens (tertiary/aromatic N) is 1. The van der Waals surface area contributed by atoms with E-state index >= 15 is 0 Å². The van der Waals surface area contributed by atoms with Crippen LogP contribution >= 0.6 is 11.3 Å². The highest BCUT2D eigenvalue weighted by molar-refractivity contribution is 7.21. The number of esters is 1. The number of carbonyl (C=O) groups is 2. The van der Waals surface area contributed by atoms with E-state index in [0.717, 1.165) is 22.4 Å². The van der Waals surface area contributed by atoms with Crippen LogP contribution in [0, 0.1) is 0 Å². The summed E-state index contributed by atoms with van der Waals surface area (Å²) in [6.07, 6.45) is 4.79. The minimum absolute atomic E-state index is 0.280. The summed E-state index contributed by atoms with van der Waals surface area (Å²) in [6, 6.07) is 8.53. The van der Waals surface area contributed by atoms with Crippen LogP contribution < -0.4 is 21.6 Å². The first-order valence-corrected chi connectivity index (χ1v) is 11.8. The third-order valence-corrected chi connectivity index (χ3v) is 5.60. The number of nitrogens with two attached hydrogens (primary N) is 1. The Morgan fingerprint density at radius 2 is 1.94 bits per heavy atom. The third kappa shape index (κ3) is 6.40. The second-order valence-corrected chi connectivity index (χ2v) is 7.69. The first-order valence-electron chi connectivity index (χ1n) is 10.9. The first-order chi connectivity index (χ1) is 16.0. The molecule has 8 heteroatoms. The van der Waals surface area contributed by atoms with E-state index in [-0.39, 0.29) is 12.5 Å². The van der Waals surface area contributed by atoms with Crippen molar-refractivity contribution in [2.75, 3.05) is 31.4 Å².